The first-order valence-electron chi connectivity index (χ1n) is 11.8. The topological polar surface area (TPSA) is 29.5 Å². The van der Waals surface area contributed by atoms with E-state index < -0.39 is 17.7 Å². The van der Waals surface area contributed by atoms with E-state index in [1.54, 1.807) is 6.07 Å². The highest BCUT2D eigenvalue weighted by Crippen LogP contribution is 2.45. The van der Waals surface area contributed by atoms with Crippen molar-refractivity contribution in [1.82, 2.24) is 0 Å². The summed E-state index contributed by atoms with van der Waals surface area (Å²) in [4.78, 5) is 0. The Labute approximate surface area is 175 Å². The van der Waals surface area contributed by atoms with Gasteiger partial charge >= 0.3 is 0 Å². The molecule has 29 heavy (non-hydrogen) atoms. The number of aliphatic hydroxyl groups is 1. The number of rotatable bonds is 8. The predicted molar refractivity (Wildman–Crippen MR) is 113 cm³/mol. The van der Waals surface area contributed by atoms with Gasteiger partial charge in [-0.1, -0.05) is 52.0 Å². The van der Waals surface area contributed by atoms with Crippen LogP contribution in [0, 0.1) is 29.4 Å². The second kappa shape index (κ2) is 10.7. The van der Waals surface area contributed by atoms with Crippen molar-refractivity contribution >= 4 is 0 Å². The first-order valence-corrected chi connectivity index (χ1v) is 11.8. The van der Waals surface area contributed by atoms with Gasteiger partial charge < -0.3 is 9.84 Å². The highest BCUT2D eigenvalue weighted by molar-refractivity contribution is 5.34. The number of hydrogen-bond donors (Lipinski definition) is 1. The molecule has 3 atom stereocenters. The van der Waals surface area contributed by atoms with Crippen molar-refractivity contribution in [1.29, 1.82) is 0 Å². The molecule has 0 aromatic heterocycles. The molecule has 3 rings (SSSR count). The van der Waals surface area contributed by atoms with Crippen molar-refractivity contribution in [2.45, 2.75) is 96.5 Å². The first-order chi connectivity index (χ1) is 14.0. The molecule has 0 saturated heterocycles. The number of halogens is 2. The van der Waals surface area contributed by atoms with Gasteiger partial charge in [0.2, 0.25) is 5.82 Å². The molecular weight excluding hydrogens is 370 g/mol. The molecule has 2 fully saturated rings. The van der Waals surface area contributed by atoms with Gasteiger partial charge in [-0.3, -0.25) is 0 Å². The van der Waals surface area contributed by atoms with E-state index in [0.717, 1.165) is 31.6 Å². The lowest BCUT2D eigenvalue weighted by Gasteiger charge is -2.40. The van der Waals surface area contributed by atoms with Crippen LogP contribution >= 0.6 is 0 Å². The Morgan fingerprint density at radius 2 is 1.66 bits per heavy atom. The molecular formula is C25H38F2O2. The monoisotopic (exact) mass is 408 g/mol. The molecule has 1 N–H and O–H groups in total. The van der Waals surface area contributed by atoms with Gasteiger partial charge in [-0.25, -0.2) is 4.39 Å². The van der Waals surface area contributed by atoms with Crippen LogP contribution in [0.25, 0.3) is 0 Å². The van der Waals surface area contributed by atoms with Crippen LogP contribution in [0.5, 0.6) is 5.75 Å². The van der Waals surface area contributed by atoms with Crippen molar-refractivity contribution in [2.75, 3.05) is 6.61 Å². The number of unbranched alkanes of at least 4 members (excludes halogenated alkanes) is 1. The zero-order valence-electron chi connectivity index (χ0n) is 18.1. The molecule has 0 aliphatic heterocycles. The van der Waals surface area contributed by atoms with Crippen molar-refractivity contribution in [3.05, 3.63) is 29.3 Å². The fourth-order valence-corrected chi connectivity index (χ4v) is 5.60. The molecule has 0 heterocycles. The van der Waals surface area contributed by atoms with Crippen LogP contribution in [0.3, 0.4) is 0 Å². The summed E-state index contributed by atoms with van der Waals surface area (Å²) in [5.74, 6) is -0.00649. The van der Waals surface area contributed by atoms with Crippen LogP contribution in [0.15, 0.2) is 12.1 Å². The van der Waals surface area contributed by atoms with Crippen LogP contribution in [0.2, 0.25) is 0 Å². The summed E-state index contributed by atoms with van der Waals surface area (Å²) >= 11 is 0. The standard InChI is InChI=1S/C25H38F2O2/c1-3-5-15-29-23-14-13-21(24(26)25(23)27)20-12-11-19(16-22(20)28)18-9-7-17(6-4-2)8-10-18/h13-14,17-20,22,28H,3-12,15-16H2,1-2H3. The van der Waals surface area contributed by atoms with Gasteiger partial charge in [-0.15, -0.1) is 0 Å². The van der Waals surface area contributed by atoms with Gasteiger partial charge in [0, 0.05) is 5.92 Å². The lowest BCUT2D eigenvalue weighted by Crippen LogP contribution is -2.33. The Morgan fingerprint density at radius 1 is 0.931 bits per heavy atom. The fraction of sp³-hybridized carbons (Fsp3) is 0.760. The summed E-state index contributed by atoms with van der Waals surface area (Å²) < 4.78 is 34.6. The molecule has 2 saturated carbocycles. The zero-order valence-corrected chi connectivity index (χ0v) is 18.1. The molecule has 1 aromatic carbocycles. The van der Waals surface area contributed by atoms with Crippen LogP contribution in [0.4, 0.5) is 8.78 Å². The number of aliphatic hydroxyl groups excluding tert-OH is 1. The first kappa shape index (κ1) is 22.5. The lowest BCUT2D eigenvalue weighted by molar-refractivity contribution is 0.0454. The van der Waals surface area contributed by atoms with Gasteiger partial charge in [0.05, 0.1) is 12.7 Å². The Balaban J connectivity index is 1.59. The van der Waals surface area contributed by atoms with Crippen LogP contribution in [0.1, 0.15) is 96.0 Å². The summed E-state index contributed by atoms with van der Waals surface area (Å²) in [5, 5.41) is 10.8. The van der Waals surface area contributed by atoms with Gasteiger partial charge in [-0.2, -0.15) is 4.39 Å². The predicted octanol–water partition coefficient (Wildman–Crippen LogP) is 6.99. The normalized spacial score (nSPS) is 30.3. The van der Waals surface area contributed by atoms with E-state index in [0.29, 0.717) is 30.4 Å². The third kappa shape index (κ3) is 5.51. The van der Waals surface area contributed by atoms with E-state index >= 15 is 0 Å². The molecule has 0 bridgehead atoms. The highest BCUT2D eigenvalue weighted by atomic mass is 19.2. The number of benzene rings is 1. The Hall–Kier alpha value is -1.16. The maximum absolute atomic E-state index is 14.7. The average Bonchev–Trinajstić information content (AvgIpc) is 2.73. The van der Waals surface area contributed by atoms with Crippen molar-refractivity contribution < 1.29 is 18.6 Å². The van der Waals surface area contributed by atoms with E-state index in [9.17, 15) is 13.9 Å². The van der Waals surface area contributed by atoms with E-state index in [-0.39, 0.29) is 11.7 Å². The Bertz CT molecular complexity index is 640. The molecule has 4 heteroatoms. The van der Waals surface area contributed by atoms with Crippen molar-refractivity contribution in [2.24, 2.45) is 17.8 Å². The second-order valence-corrected chi connectivity index (χ2v) is 9.30. The minimum Gasteiger partial charge on any atom is -0.490 e. The van der Waals surface area contributed by atoms with Crippen LogP contribution in [-0.4, -0.2) is 17.8 Å². The minimum atomic E-state index is -0.915. The second-order valence-electron chi connectivity index (χ2n) is 9.30. The third-order valence-electron chi connectivity index (χ3n) is 7.34. The van der Waals surface area contributed by atoms with E-state index in [4.69, 9.17) is 4.74 Å². The van der Waals surface area contributed by atoms with Gasteiger partial charge in [0.15, 0.2) is 11.6 Å². The summed E-state index contributed by atoms with van der Waals surface area (Å²) in [6.45, 7) is 4.67. The van der Waals surface area contributed by atoms with Crippen LogP contribution < -0.4 is 4.74 Å². The fourth-order valence-electron chi connectivity index (χ4n) is 5.60. The molecule has 0 amide bonds. The largest absolute Gasteiger partial charge is 0.490 e. The Morgan fingerprint density at radius 3 is 2.31 bits per heavy atom. The zero-order chi connectivity index (χ0) is 20.8. The third-order valence-corrected chi connectivity index (χ3v) is 7.34. The molecule has 2 aliphatic carbocycles. The minimum absolute atomic E-state index is 0.0216. The van der Waals surface area contributed by atoms with E-state index in [1.165, 1.54) is 44.6 Å². The van der Waals surface area contributed by atoms with Crippen molar-refractivity contribution in [3.8, 4) is 5.75 Å². The average molecular weight is 409 g/mol. The van der Waals surface area contributed by atoms with Crippen molar-refractivity contribution in [3.63, 3.8) is 0 Å². The summed E-state index contributed by atoms with van der Waals surface area (Å²) in [7, 11) is 0. The maximum Gasteiger partial charge on any atom is 0.200 e. The Kier molecular flexibility index (Phi) is 8.35. The van der Waals surface area contributed by atoms with Crippen LogP contribution in [-0.2, 0) is 0 Å². The quantitative estimate of drug-likeness (QED) is 0.470. The number of ether oxygens (including phenoxy) is 1. The van der Waals surface area contributed by atoms with E-state index in [1.807, 2.05) is 6.92 Å². The molecule has 2 aliphatic rings. The molecule has 2 nitrogen and oxygen atoms in total. The van der Waals surface area contributed by atoms with E-state index in [2.05, 4.69) is 6.92 Å². The van der Waals surface area contributed by atoms with Gasteiger partial charge in [-0.05, 0) is 67.9 Å². The summed E-state index contributed by atoms with van der Waals surface area (Å²) in [5.41, 5.74) is 0.308. The summed E-state index contributed by atoms with van der Waals surface area (Å²) in [6, 6.07) is 3.14. The molecule has 3 unspecified atom stereocenters. The smallest absolute Gasteiger partial charge is 0.200 e. The molecule has 164 valence electrons. The molecule has 0 radical (unpaired) electrons. The summed E-state index contributed by atoms with van der Waals surface area (Å²) in [6.07, 6.45) is 11.4. The molecule has 1 aromatic rings. The number of hydrogen-bond acceptors (Lipinski definition) is 2. The molecule has 0 spiro atoms. The SMILES string of the molecule is CCCCOc1ccc(C2CCC(C3CCC(CCC)CC3)CC2O)c(F)c1F. The maximum atomic E-state index is 14.7. The highest BCUT2D eigenvalue weighted by Gasteiger charge is 2.37. The lowest BCUT2D eigenvalue weighted by atomic mass is 9.67. The van der Waals surface area contributed by atoms with Gasteiger partial charge in [0.25, 0.3) is 0 Å². The van der Waals surface area contributed by atoms with Gasteiger partial charge in [0.1, 0.15) is 0 Å².